The minimum absolute atomic E-state index is 0.0730. The smallest absolute Gasteiger partial charge is 0.256 e. The number of nitrogens with one attached hydrogen (secondary N) is 1. The third kappa shape index (κ3) is 4.08. The topological polar surface area (TPSA) is 89.4 Å². The van der Waals surface area contributed by atoms with Crippen LogP contribution in [0.2, 0.25) is 0 Å². The molecular weight excluding hydrogens is 334 g/mol. The molecule has 1 atom stereocenters. The van der Waals surface area contributed by atoms with Crippen LogP contribution in [0, 0.1) is 5.92 Å². The van der Waals surface area contributed by atoms with Crippen LogP contribution in [0.25, 0.3) is 5.69 Å². The maximum Gasteiger partial charge on any atom is 0.256 e. The molecule has 1 fully saturated rings. The average molecular weight is 357 g/mol. The monoisotopic (exact) mass is 357 g/mol. The Morgan fingerprint density at radius 2 is 2.19 bits per heavy atom. The Morgan fingerprint density at radius 1 is 1.35 bits per heavy atom. The summed E-state index contributed by atoms with van der Waals surface area (Å²) in [6, 6.07) is 7.24. The van der Waals surface area contributed by atoms with Crippen LogP contribution in [-0.2, 0) is 9.53 Å². The second kappa shape index (κ2) is 8.57. The molecule has 1 aromatic heterocycles. The number of benzene rings is 1. The van der Waals surface area contributed by atoms with Gasteiger partial charge in [-0.3, -0.25) is 9.59 Å². The second-order valence-electron chi connectivity index (χ2n) is 6.17. The van der Waals surface area contributed by atoms with Gasteiger partial charge in [-0.2, -0.15) is 5.10 Å². The van der Waals surface area contributed by atoms with Crippen LogP contribution in [0.4, 0.5) is 0 Å². The lowest BCUT2D eigenvalue weighted by molar-refractivity contribution is -0.126. The molecule has 1 saturated heterocycles. The van der Waals surface area contributed by atoms with Gasteiger partial charge in [0.05, 0.1) is 30.4 Å². The predicted octanol–water partition coefficient (Wildman–Crippen LogP) is 0.882. The predicted molar refractivity (Wildman–Crippen MR) is 94.9 cm³/mol. The molecule has 8 nitrogen and oxygen atoms in total. The molecule has 1 aliphatic heterocycles. The molecule has 1 unspecified atom stereocenters. The van der Waals surface area contributed by atoms with Crippen molar-refractivity contribution < 1.29 is 14.3 Å². The van der Waals surface area contributed by atoms with Crippen molar-refractivity contribution in [2.75, 3.05) is 32.8 Å². The number of carbonyl (C=O) groups is 2. The molecule has 0 aliphatic carbocycles. The third-order valence-electron chi connectivity index (χ3n) is 4.27. The number of para-hydroxylation sites is 1. The van der Waals surface area contributed by atoms with E-state index in [-0.39, 0.29) is 17.7 Å². The Labute approximate surface area is 152 Å². The number of aromatic nitrogens is 3. The van der Waals surface area contributed by atoms with Gasteiger partial charge in [-0.05, 0) is 18.6 Å². The molecule has 1 aliphatic rings. The van der Waals surface area contributed by atoms with Crippen molar-refractivity contribution in [3.63, 3.8) is 0 Å². The number of hydrogen-bond donors (Lipinski definition) is 1. The van der Waals surface area contributed by atoms with Crippen molar-refractivity contribution in [1.82, 2.24) is 25.0 Å². The second-order valence-corrected chi connectivity index (χ2v) is 6.17. The first-order valence-electron chi connectivity index (χ1n) is 8.79. The fraction of sp³-hybridized carbons (Fsp3) is 0.444. The van der Waals surface area contributed by atoms with Crippen LogP contribution in [0.3, 0.4) is 0 Å². The number of amides is 2. The van der Waals surface area contributed by atoms with Crippen molar-refractivity contribution in [2.45, 2.75) is 13.3 Å². The van der Waals surface area contributed by atoms with E-state index < -0.39 is 0 Å². The van der Waals surface area contributed by atoms with Crippen molar-refractivity contribution in [3.05, 3.63) is 42.5 Å². The van der Waals surface area contributed by atoms with Gasteiger partial charge < -0.3 is 15.0 Å². The van der Waals surface area contributed by atoms with E-state index in [2.05, 4.69) is 15.4 Å². The summed E-state index contributed by atoms with van der Waals surface area (Å²) in [6.45, 7) is 4.14. The zero-order valence-electron chi connectivity index (χ0n) is 14.8. The van der Waals surface area contributed by atoms with Crippen LogP contribution in [0.15, 0.2) is 36.9 Å². The Balaban J connectivity index is 1.80. The molecule has 138 valence electrons. The van der Waals surface area contributed by atoms with Crippen LogP contribution in [0.5, 0.6) is 0 Å². The average Bonchev–Trinajstić information content (AvgIpc) is 3.09. The molecule has 8 heteroatoms. The summed E-state index contributed by atoms with van der Waals surface area (Å²) >= 11 is 0. The highest BCUT2D eigenvalue weighted by atomic mass is 16.5. The number of ether oxygens (including phenoxy) is 1. The summed E-state index contributed by atoms with van der Waals surface area (Å²) in [6.07, 6.45) is 3.85. The van der Waals surface area contributed by atoms with Gasteiger partial charge >= 0.3 is 0 Å². The van der Waals surface area contributed by atoms with Gasteiger partial charge in [-0.1, -0.05) is 19.1 Å². The van der Waals surface area contributed by atoms with E-state index in [9.17, 15) is 9.59 Å². The molecule has 2 heterocycles. The number of hydrogen-bond acceptors (Lipinski definition) is 5. The fourth-order valence-electron chi connectivity index (χ4n) is 2.90. The first-order chi connectivity index (χ1) is 12.7. The van der Waals surface area contributed by atoms with E-state index in [0.717, 1.165) is 6.42 Å². The Kier molecular flexibility index (Phi) is 5.96. The lowest BCUT2D eigenvalue weighted by atomic mass is 10.1. The lowest BCUT2D eigenvalue weighted by Crippen LogP contribution is -2.42. The summed E-state index contributed by atoms with van der Waals surface area (Å²) < 4.78 is 7.11. The van der Waals surface area contributed by atoms with Crippen LogP contribution in [-0.4, -0.2) is 64.3 Å². The standard InChI is InChI=1S/C18H23N5O3/c1-2-7-20-17(24)14-10-22(8-9-26-11-14)18(25)15-5-3-4-6-16(15)23-13-19-12-21-23/h3-6,12-14H,2,7-11H2,1H3,(H,20,24). The highest BCUT2D eigenvalue weighted by Gasteiger charge is 2.28. The SMILES string of the molecule is CCCNC(=O)C1COCCN(C(=O)c2ccccc2-n2cncn2)C1. The quantitative estimate of drug-likeness (QED) is 0.858. The fourth-order valence-corrected chi connectivity index (χ4v) is 2.90. The molecule has 26 heavy (non-hydrogen) atoms. The Morgan fingerprint density at radius 3 is 2.96 bits per heavy atom. The lowest BCUT2D eigenvalue weighted by Gasteiger charge is -2.24. The number of carbonyl (C=O) groups excluding carboxylic acids is 2. The summed E-state index contributed by atoms with van der Waals surface area (Å²) in [7, 11) is 0. The van der Waals surface area contributed by atoms with Gasteiger partial charge in [-0.25, -0.2) is 9.67 Å². The first kappa shape index (κ1) is 18.1. The molecule has 0 radical (unpaired) electrons. The van der Waals surface area contributed by atoms with Gasteiger partial charge in [0.1, 0.15) is 12.7 Å². The summed E-state index contributed by atoms with van der Waals surface area (Å²) in [5.74, 6) is -0.586. The Hall–Kier alpha value is -2.74. The molecule has 2 amide bonds. The van der Waals surface area contributed by atoms with E-state index in [1.807, 2.05) is 25.1 Å². The van der Waals surface area contributed by atoms with E-state index in [0.29, 0.717) is 44.1 Å². The highest BCUT2D eigenvalue weighted by molar-refractivity contribution is 5.98. The highest BCUT2D eigenvalue weighted by Crippen LogP contribution is 2.18. The minimum Gasteiger partial charge on any atom is -0.379 e. The van der Waals surface area contributed by atoms with Crippen molar-refractivity contribution in [1.29, 1.82) is 0 Å². The van der Waals surface area contributed by atoms with E-state index in [1.54, 1.807) is 22.0 Å². The molecule has 0 spiro atoms. The first-order valence-corrected chi connectivity index (χ1v) is 8.79. The molecular formula is C18H23N5O3. The van der Waals surface area contributed by atoms with Gasteiger partial charge in [0.15, 0.2) is 0 Å². The van der Waals surface area contributed by atoms with E-state index >= 15 is 0 Å². The van der Waals surface area contributed by atoms with Crippen molar-refractivity contribution in [2.24, 2.45) is 5.92 Å². The van der Waals surface area contributed by atoms with Gasteiger partial charge in [0, 0.05) is 19.6 Å². The van der Waals surface area contributed by atoms with Gasteiger partial charge in [0.2, 0.25) is 5.91 Å². The molecule has 2 aromatic rings. The zero-order chi connectivity index (χ0) is 18.4. The zero-order valence-corrected chi connectivity index (χ0v) is 14.8. The normalized spacial score (nSPS) is 17.6. The maximum atomic E-state index is 13.1. The molecule has 1 N–H and O–H groups in total. The van der Waals surface area contributed by atoms with Crippen molar-refractivity contribution >= 4 is 11.8 Å². The van der Waals surface area contributed by atoms with Crippen LogP contribution >= 0.6 is 0 Å². The number of rotatable bonds is 5. The summed E-state index contributed by atoms with van der Waals surface area (Å²) in [4.78, 5) is 31.1. The number of nitrogens with zero attached hydrogens (tertiary/aromatic N) is 4. The van der Waals surface area contributed by atoms with Gasteiger partial charge in [-0.15, -0.1) is 0 Å². The minimum atomic E-state index is -0.369. The largest absolute Gasteiger partial charge is 0.379 e. The van der Waals surface area contributed by atoms with Crippen molar-refractivity contribution in [3.8, 4) is 5.69 Å². The van der Waals surface area contributed by atoms with Gasteiger partial charge in [0.25, 0.3) is 5.91 Å². The van der Waals surface area contributed by atoms with Crippen LogP contribution in [0.1, 0.15) is 23.7 Å². The van der Waals surface area contributed by atoms with Crippen LogP contribution < -0.4 is 5.32 Å². The molecule has 1 aromatic carbocycles. The third-order valence-corrected chi connectivity index (χ3v) is 4.27. The summed E-state index contributed by atoms with van der Waals surface area (Å²) in [5, 5.41) is 7.00. The Bertz CT molecular complexity index is 747. The van der Waals surface area contributed by atoms with E-state index in [1.165, 1.54) is 6.33 Å². The maximum absolute atomic E-state index is 13.1. The summed E-state index contributed by atoms with van der Waals surface area (Å²) in [5.41, 5.74) is 1.18. The molecule has 0 saturated carbocycles. The van der Waals surface area contributed by atoms with E-state index in [4.69, 9.17) is 4.74 Å². The molecule has 3 rings (SSSR count). The molecule has 0 bridgehead atoms.